The van der Waals surface area contributed by atoms with Crippen molar-refractivity contribution in [3.63, 3.8) is 0 Å². The third kappa shape index (κ3) is 1.87. The summed E-state index contributed by atoms with van der Waals surface area (Å²) in [6.07, 6.45) is 0.405. The van der Waals surface area contributed by atoms with E-state index in [0.29, 0.717) is 12.0 Å². The Morgan fingerprint density at radius 2 is 1.67 bits per heavy atom. The molecule has 0 fully saturated rings. The largest absolute Gasteiger partial charge is 0.384 e. The number of dihydropyridines is 1. The van der Waals surface area contributed by atoms with Gasteiger partial charge in [-0.3, -0.25) is 0 Å². The van der Waals surface area contributed by atoms with Gasteiger partial charge in [-0.25, -0.2) is 0 Å². The second kappa shape index (κ2) is 5.21. The number of allylic oxidation sites excluding steroid dienone is 4. The Labute approximate surface area is 104 Å². The van der Waals surface area contributed by atoms with Gasteiger partial charge in [0.1, 0.15) is 30.1 Å². The van der Waals surface area contributed by atoms with Crippen LogP contribution in [0.3, 0.4) is 0 Å². The molecule has 0 aromatic heterocycles. The molecule has 0 spiro atoms. The van der Waals surface area contributed by atoms with Gasteiger partial charge < -0.3 is 11.1 Å². The lowest BCUT2D eigenvalue weighted by atomic mass is 9.92. The van der Waals surface area contributed by atoms with E-state index >= 15 is 0 Å². The lowest BCUT2D eigenvalue weighted by Crippen LogP contribution is -2.28. The molecule has 18 heavy (non-hydrogen) atoms. The molecule has 0 aromatic rings. The van der Waals surface area contributed by atoms with Crippen LogP contribution in [0.25, 0.3) is 0 Å². The second-order valence-electron chi connectivity index (χ2n) is 3.32. The summed E-state index contributed by atoms with van der Waals surface area (Å²) >= 11 is 0. The maximum atomic E-state index is 9.13. The van der Waals surface area contributed by atoms with Crippen molar-refractivity contribution in [1.29, 1.82) is 21.0 Å². The fraction of sp³-hybridized carbons (Fsp3) is 0.167. The summed E-state index contributed by atoms with van der Waals surface area (Å²) in [4.78, 5) is 0. The van der Waals surface area contributed by atoms with Gasteiger partial charge in [-0.05, 0) is 12.0 Å². The highest BCUT2D eigenvalue weighted by atomic mass is 15.0. The van der Waals surface area contributed by atoms with E-state index in [9.17, 15) is 0 Å². The Hall–Kier alpha value is -3.22. The topological polar surface area (TPSA) is 133 Å². The van der Waals surface area contributed by atoms with E-state index in [1.165, 1.54) is 0 Å². The Kier molecular flexibility index (Phi) is 3.72. The van der Waals surface area contributed by atoms with Crippen LogP contribution in [0.2, 0.25) is 0 Å². The van der Waals surface area contributed by atoms with Gasteiger partial charge in [0.15, 0.2) is 5.57 Å². The molecule has 0 aliphatic carbocycles. The monoisotopic (exact) mass is 236 g/mol. The first kappa shape index (κ1) is 12.8. The summed E-state index contributed by atoms with van der Waals surface area (Å²) in [5, 5.41) is 38.4. The second-order valence-corrected chi connectivity index (χ2v) is 3.32. The fourth-order valence-corrected chi connectivity index (χ4v) is 1.63. The lowest BCUT2D eigenvalue weighted by Gasteiger charge is -2.20. The van der Waals surface area contributed by atoms with Crippen LogP contribution in [-0.4, -0.2) is 0 Å². The maximum absolute atomic E-state index is 9.13. The highest BCUT2D eigenvalue weighted by molar-refractivity contribution is 5.64. The molecule has 0 aromatic carbocycles. The third-order valence-corrected chi connectivity index (χ3v) is 2.43. The quantitative estimate of drug-likeness (QED) is 0.647. The first-order valence-corrected chi connectivity index (χ1v) is 4.99. The van der Waals surface area contributed by atoms with Crippen LogP contribution >= 0.6 is 0 Å². The zero-order valence-corrected chi connectivity index (χ0v) is 9.57. The van der Waals surface area contributed by atoms with Crippen molar-refractivity contribution in [1.82, 2.24) is 5.32 Å². The molecule has 6 heteroatoms. The summed E-state index contributed by atoms with van der Waals surface area (Å²) in [7, 11) is 0. The SMILES string of the molecule is CCC1=C(C#N)C(=C(C#N)C#N)NC(N)=C1C#N. The zero-order chi connectivity index (χ0) is 13.7. The van der Waals surface area contributed by atoms with Crippen molar-refractivity contribution in [2.24, 2.45) is 5.73 Å². The van der Waals surface area contributed by atoms with E-state index in [2.05, 4.69) is 5.32 Å². The minimum Gasteiger partial charge on any atom is -0.384 e. The average molecular weight is 236 g/mol. The summed E-state index contributed by atoms with van der Waals surface area (Å²) in [6, 6.07) is 7.20. The predicted octanol–water partition coefficient (Wildman–Crippen LogP) is 0.815. The van der Waals surface area contributed by atoms with Crippen molar-refractivity contribution in [3.05, 3.63) is 33.8 Å². The van der Waals surface area contributed by atoms with Crippen LogP contribution in [0.15, 0.2) is 33.8 Å². The number of nitrogens with one attached hydrogen (secondary N) is 1. The Morgan fingerprint density at radius 1 is 1.11 bits per heavy atom. The van der Waals surface area contributed by atoms with Crippen molar-refractivity contribution >= 4 is 0 Å². The maximum Gasteiger partial charge on any atom is 0.154 e. The van der Waals surface area contributed by atoms with Crippen molar-refractivity contribution in [3.8, 4) is 24.3 Å². The Bertz CT molecular complexity index is 633. The van der Waals surface area contributed by atoms with Crippen LogP contribution in [0, 0.1) is 45.3 Å². The molecule has 0 bridgehead atoms. The molecule has 0 saturated heterocycles. The molecule has 6 nitrogen and oxygen atoms in total. The molecule has 0 atom stereocenters. The molecule has 0 unspecified atom stereocenters. The van der Waals surface area contributed by atoms with E-state index in [0.717, 1.165) is 0 Å². The predicted molar refractivity (Wildman–Crippen MR) is 61.1 cm³/mol. The first-order valence-electron chi connectivity index (χ1n) is 4.99. The molecule has 1 rings (SSSR count). The van der Waals surface area contributed by atoms with Crippen LogP contribution in [0.4, 0.5) is 0 Å². The van der Waals surface area contributed by atoms with Gasteiger partial charge in [-0.15, -0.1) is 0 Å². The minimum atomic E-state index is -0.238. The number of nitriles is 4. The van der Waals surface area contributed by atoms with Crippen LogP contribution in [-0.2, 0) is 0 Å². The summed E-state index contributed by atoms with van der Waals surface area (Å²) in [5.41, 5.74) is 6.21. The van der Waals surface area contributed by atoms with E-state index < -0.39 is 0 Å². The van der Waals surface area contributed by atoms with Crippen LogP contribution in [0.5, 0.6) is 0 Å². The summed E-state index contributed by atoms with van der Waals surface area (Å²) in [5.74, 6) is 0.0475. The molecule has 1 aliphatic heterocycles. The number of nitrogens with two attached hydrogens (primary N) is 1. The molecule has 1 aliphatic rings. The molecule has 0 radical (unpaired) electrons. The molecular weight excluding hydrogens is 228 g/mol. The van der Waals surface area contributed by atoms with Crippen LogP contribution in [0.1, 0.15) is 13.3 Å². The number of nitrogens with zero attached hydrogens (tertiary/aromatic N) is 4. The minimum absolute atomic E-state index is 0.0475. The van der Waals surface area contributed by atoms with E-state index in [1.807, 2.05) is 12.1 Å². The van der Waals surface area contributed by atoms with Crippen molar-refractivity contribution < 1.29 is 0 Å². The zero-order valence-electron chi connectivity index (χ0n) is 9.57. The fourth-order valence-electron chi connectivity index (χ4n) is 1.63. The normalized spacial score (nSPS) is 13.9. The van der Waals surface area contributed by atoms with Gasteiger partial charge in [0.2, 0.25) is 0 Å². The van der Waals surface area contributed by atoms with Gasteiger partial charge in [0.05, 0.1) is 16.8 Å². The lowest BCUT2D eigenvalue weighted by molar-refractivity contribution is 0.894. The van der Waals surface area contributed by atoms with E-state index in [-0.39, 0.29) is 28.2 Å². The highest BCUT2D eigenvalue weighted by Crippen LogP contribution is 2.29. The molecule has 0 amide bonds. The summed E-state index contributed by atoms with van der Waals surface area (Å²) < 4.78 is 0. The molecule has 0 saturated carbocycles. The molecule has 86 valence electrons. The van der Waals surface area contributed by atoms with E-state index in [1.54, 1.807) is 19.1 Å². The highest BCUT2D eigenvalue weighted by Gasteiger charge is 2.25. The Balaban J connectivity index is 3.69. The standard InChI is InChI=1S/C12H8N6/c1-2-8-9(5-15)11(7(3-13)4-14)18-12(17)10(8)6-16/h18H,2,17H2,1H3. The van der Waals surface area contributed by atoms with Crippen LogP contribution < -0.4 is 11.1 Å². The number of hydrogen-bond donors (Lipinski definition) is 2. The number of hydrogen-bond acceptors (Lipinski definition) is 6. The first-order chi connectivity index (χ1) is 8.64. The number of rotatable bonds is 1. The molecular formula is C12H8N6. The third-order valence-electron chi connectivity index (χ3n) is 2.43. The Morgan fingerprint density at radius 3 is 2.06 bits per heavy atom. The van der Waals surface area contributed by atoms with Gasteiger partial charge in [0.25, 0.3) is 0 Å². The smallest absolute Gasteiger partial charge is 0.154 e. The van der Waals surface area contributed by atoms with Crippen molar-refractivity contribution in [2.75, 3.05) is 0 Å². The van der Waals surface area contributed by atoms with E-state index in [4.69, 9.17) is 26.8 Å². The summed E-state index contributed by atoms with van der Waals surface area (Å²) in [6.45, 7) is 1.76. The van der Waals surface area contributed by atoms with Gasteiger partial charge in [-0.1, -0.05) is 6.92 Å². The van der Waals surface area contributed by atoms with Crippen molar-refractivity contribution in [2.45, 2.75) is 13.3 Å². The average Bonchev–Trinajstić information content (AvgIpc) is 2.39. The van der Waals surface area contributed by atoms with Gasteiger partial charge in [-0.2, -0.15) is 21.0 Å². The molecule has 1 heterocycles. The van der Waals surface area contributed by atoms with Gasteiger partial charge in [0, 0.05) is 0 Å². The van der Waals surface area contributed by atoms with Gasteiger partial charge >= 0.3 is 0 Å². The molecule has 3 N–H and O–H groups in total.